The zero-order chi connectivity index (χ0) is 25.4. The van der Waals surface area contributed by atoms with Gasteiger partial charge < -0.3 is 23.5 Å². The summed E-state index contributed by atoms with van der Waals surface area (Å²) in [5, 5.41) is 0.610. The first kappa shape index (κ1) is 24.5. The number of carbonyl (C=O) groups is 1. The highest BCUT2D eigenvalue weighted by molar-refractivity contribution is 5.95. The molecule has 1 unspecified atom stereocenters. The highest BCUT2D eigenvalue weighted by Gasteiger charge is 2.29. The molecular formula is C24H20F5NO5. The molecule has 1 fully saturated rings. The monoisotopic (exact) mass is 497 g/mol. The molecule has 0 bridgehead atoms. The Morgan fingerprint density at radius 1 is 1.11 bits per heavy atom. The minimum atomic E-state index is -2.35. The number of epoxide rings is 1. The largest absolute Gasteiger partial charge is 0.494 e. The number of halogens is 5. The van der Waals surface area contributed by atoms with Crippen molar-refractivity contribution in [3.63, 3.8) is 0 Å². The average Bonchev–Trinajstić information content (AvgIpc) is 3.62. The lowest BCUT2D eigenvalue weighted by atomic mass is 10.1. The molecule has 4 rings (SSSR count). The smallest absolute Gasteiger partial charge is 0.331 e. The molecule has 0 N–H and O–H groups in total. The predicted octanol–water partition coefficient (Wildman–Crippen LogP) is 5.04. The van der Waals surface area contributed by atoms with Gasteiger partial charge in [-0.3, -0.25) is 0 Å². The van der Waals surface area contributed by atoms with Crippen LogP contribution in [0.4, 0.5) is 22.0 Å². The molecule has 0 spiro atoms. The van der Waals surface area contributed by atoms with Gasteiger partial charge in [0.25, 0.3) is 0 Å². The maximum absolute atomic E-state index is 14.0. The number of fused-ring (bicyclic) bond motifs is 1. The fourth-order valence-corrected chi connectivity index (χ4v) is 3.66. The standard InChI is InChI=1S/C24H20F5NO5/c1-4-32-12(3)18-11(2)30(16-6-5-13(7-15(16)18)33-9-14-10-34-14)8-17(31)35-24-22(28)20(26)19(25)21(27)23(24)29/h5-7,14H,3-4,8-10H2,1-2H3. The molecule has 2 heterocycles. The molecule has 1 saturated heterocycles. The first-order valence-electron chi connectivity index (χ1n) is 10.5. The van der Waals surface area contributed by atoms with Crippen LogP contribution in [0.1, 0.15) is 18.2 Å². The normalized spacial score (nSPS) is 14.8. The van der Waals surface area contributed by atoms with Crippen molar-refractivity contribution >= 4 is 22.6 Å². The van der Waals surface area contributed by atoms with Crippen LogP contribution < -0.4 is 9.47 Å². The summed E-state index contributed by atoms with van der Waals surface area (Å²) in [6, 6.07) is 5.03. The number of ether oxygens (including phenoxy) is 4. The quantitative estimate of drug-likeness (QED) is 0.0789. The topological polar surface area (TPSA) is 62.2 Å². The molecule has 186 valence electrons. The summed E-state index contributed by atoms with van der Waals surface area (Å²) in [6.07, 6.45) is 0.0339. The minimum absolute atomic E-state index is 0.0339. The molecule has 0 radical (unpaired) electrons. The van der Waals surface area contributed by atoms with Crippen LogP contribution in [0, 0.1) is 36.0 Å². The van der Waals surface area contributed by atoms with Crippen molar-refractivity contribution in [2.45, 2.75) is 26.5 Å². The molecule has 1 aliphatic heterocycles. The second-order valence-corrected chi connectivity index (χ2v) is 7.72. The van der Waals surface area contributed by atoms with Crippen molar-refractivity contribution in [1.82, 2.24) is 4.57 Å². The summed E-state index contributed by atoms with van der Waals surface area (Å²) in [5.74, 6) is -13.3. The molecule has 2 aromatic carbocycles. The Bertz CT molecular complexity index is 1300. The first-order valence-corrected chi connectivity index (χ1v) is 10.5. The summed E-state index contributed by atoms with van der Waals surface area (Å²) in [5.41, 5.74) is 1.55. The van der Waals surface area contributed by atoms with Crippen molar-refractivity contribution in [2.24, 2.45) is 0 Å². The third-order valence-electron chi connectivity index (χ3n) is 5.40. The SMILES string of the molecule is C=C(OCC)c1c(C)n(CC(=O)Oc2c(F)c(F)c(F)c(F)c2F)c2ccc(OCC3CO3)cc12. The van der Waals surface area contributed by atoms with Gasteiger partial charge in [0.1, 0.15) is 30.8 Å². The van der Waals surface area contributed by atoms with Crippen LogP contribution in [0.5, 0.6) is 11.5 Å². The Morgan fingerprint density at radius 3 is 2.34 bits per heavy atom. The lowest BCUT2D eigenvalue weighted by Crippen LogP contribution is -2.19. The second-order valence-electron chi connectivity index (χ2n) is 7.72. The van der Waals surface area contributed by atoms with Crippen molar-refractivity contribution in [3.8, 4) is 11.5 Å². The van der Waals surface area contributed by atoms with E-state index in [0.717, 1.165) is 0 Å². The van der Waals surface area contributed by atoms with E-state index in [1.165, 1.54) is 4.57 Å². The van der Waals surface area contributed by atoms with Gasteiger partial charge in [0, 0.05) is 22.2 Å². The van der Waals surface area contributed by atoms with Crippen LogP contribution in [-0.4, -0.2) is 36.5 Å². The Kier molecular flexibility index (Phi) is 6.70. The maximum atomic E-state index is 14.0. The van der Waals surface area contributed by atoms with Gasteiger partial charge in [0.05, 0.1) is 13.2 Å². The van der Waals surface area contributed by atoms with Crippen molar-refractivity contribution < 1.29 is 45.7 Å². The number of aromatic nitrogens is 1. The Labute approximate surface area is 196 Å². The molecule has 6 nitrogen and oxygen atoms in total. The van der Waals surface area contributed by atoms with Crippen molar-refractivity contribution in [1.29, 1.82) is 0 Å². The summed E-state index contributed by atoms with van der Waals surface area (Å²) >= 11 is 0. The van der Waals surface area contributed by atoms with E-state index in [2.05, 4.69) is 11.3 Å². The van der Waals surface area contributed by atoms with Crippen LogP contribution in [-0.2, 0) is 20.8 Å². The number of benzene rings is 2. The van der Waals surface area contributed by atoms with E-state index in [0.29, 0.717) is 53.5 Å². The van der Waals surface area contributed by atoms with Crippen molar-refractivity contribution in [3.05, 3.63) is 65.1 Å². The van der Waals surface area contributed by atoms with Gasteiger partial charge >= 0.3 is 5.97 Å². The molecule has 0 saturated carbocycles. The van der Waals surface area contributed by atoms with Gasteiger partial charge in [-0.05, 0) is 32.0 Å². The van der Waals surface area contributed by atoms with Crippen LogP contribution in [0.25, 0.3) is 16.7 Å². The van der Waals surface area contributed by atoms with Crippen LogP contribution in [0.15, 0.2) is 24.8 Å². The van der Waals surface area contributed by atoms with E-state index in [1.807, 2.05) is 0 Å². The molecule has 1 atom stereocenters. The van der Waals surface area contributed by atoms with E-state index in [1.54, 1.807) is 32.0 Å². The lowest BCUT2D eigenvalue weighted by molar-refractivity contribution is -0.135. The third-order valence-corrected chi connectivity index (χ3v) is 5.40. The van der Waals surface area contributed by atoms with Gasteiger partial charge in [-0.25, -0.2) is 18.0 Å². The summed E-state index contributed by atoms with van der Waals surface area (Å²) in [7, 11) is 0. The van der Waals surface area contributed by atoms with Gasteiger partial charge in [-0.15, -0.1) is 0 Å². The maximum Gasteiger partial charge on any atom is 0.331 e. The van der Waals surface area contributed by atoms with Gasteiger partial charge in [0.15, 0.2) is 0 Å². The number of hydrogen-bond donors (Lipinski definition) is 0. The molecule has 11 heteroatoms. The summed E-state index contributed by atoms with van der Waals surface area (Å²) in [4.78, 5) is 12.5. The minimum Gasteiger partial charge on any atom is -0.494 e. The first-order chi connectivity index (χ1) is 16.6. The molecule has 0 aliphatic carbocycles. The molecule has 1 aromatic heterocycles. The van der Waals surface area contributed by atoms with E-state index in [9.17, 15) is 26.7 Å². The highest BCUT2D eigenvalue weighted by atomic mass is 19.2. The van der Waals surface area contributed by atoms with Gasteiger partial charge in [0.2, 0.25) is 34.8 Å². The lowest BCUT2D eigenvalue weighted by Gasteiger charge is -2.12. The van der Waals surface area contributed by atoms with E-state index < -0.39 is 47.3 Å². The van der Waals surface area contributed by atoms with E-state index in [-0.39, 0.29) is 6.10 Å². The van der Waals surface area contributed by atoms with Crippen LogP contribution >= 0.6 is 0 Å². The third kappa shape index (κ3) is 4.68. The predicted molar refractivity (Wildman–Crippen MR) is 114 cm³/mol. The van der Waals surface area contributed by atoms with Gasteiger partial charge in [-0.1, -0.05) is 6.58 Å². The summed E-state index contributed by atoms with van der Waals surface area (Å²) in [6.45, 7) is 8.05. The fourth-order valence-electron chi connectivity index (χ4n) is 3.66. The number of carbonyl (C=O) groups excluding carboxylic acids is 1. The number of hydrogen-bond acceptors (Lipinski definition) is 5. The van der Waals surface area contributed by atoms with Gasteiger partial charge in [-0.2, -0.15) is 8.78 Å². The molecule has 0 amide bonds. The average molecular weight is 497 g/mol. The highest BCUT2D eigenvalue weighted by Crippen LogP contribution is 2.35. The zero-order valence-corrected chi connectivity index (χ0v) is 18.7. The molecule has 35 heavy (non-hydrogen) atoms. The Hall–Kier alpha value is -3.60. The Morgan fingerprint density at radius 2 is 1.74 bits per heavy atom. The van der Waals surface area contributed by atoms with Crippen LogP contribution in [0.2, 0.25) is 0 Å². The molecule has 3 aromatic rings. The summed E-state index contributed by atoms with van der Waals surface area (Å²) < 4.78 is 90.5. The van der Waals surface area contributed by atoms with E-state index in [4.69, 9.17) is 14.2 Å². The van der Waals surface area contributed by atoms with Crippen molar-refractivity contribution in [2.75, 3.05) is 19.8 Å². The van der Waals surface area contributed by atoms with E-state index >= 15 is 0 Å². The number of rotatable bonds is 9. The number of esters is 1. The molecule has 1 aliphatic rings. The van der Waals surface area contributed by atoms with Crippen LogP contribution in [0.3, 0.4) is 0 Å². The molecular weight excluding hydrogens is 477 g/mol. The fraction of sp³-hybridized carbons (Fsp3) is 0.292. The Balaban J connectivity index is 1.69. The zero-order valence-electron chi connectivity index (χ0n) is 18.7. The number of nitrogens with zero attached hydrogens (tertiary/aromatic N) is 1. The second kappa shape index (κ2) is 9.57.